The summed E-state index contributed by atoms with van der Waals surface area (Å²) in [7, 11) is 0. The Bertz CT molecular complexity index is 2650. The molecule has 6 nitrogen and oxygen atoms in total. The molecule has 0 saturated carbocycles. The van der Waals surface area contributed by atoms with Gasteiger partial charge < -0.3 is 13.7 Å². The van der Waals surface area contributed by atoms with Gasteiger partial charge in [0.1, 0.15) is 5.65 Å². The number of hydrogen-bond donors (Lipinski definition) is 0. The first-order valence-corrected chi connectivity index (χ1v) is 15.7. The van der Waals surface area contributed by atoms with Gasteiger partial charge in [-0.1, -0.05) is 110 Å². The molecule has 5 aromatic carbocycles. The van der Waals surface area contributed by atoms with Crippen molar-refractivity contribution in [2.45, 2.75) is 26.2 Å². The molecule has 0 aliphatic heterocycles. The molecule has 234 valence electrons. The second-order valence-corrected chi connectivity index (χ2v) is 12.8. The number of hydrogen-bond acceptors (Lipinski definition) is 4. The van der Waals surface area contributed by atoms with Crippen molar-refractivity contribution in [3.05, 3.63) is 139 Å². The van der Waals surface area contributed by atoms with Crippen LogP contribution in [0.15, 0.2) is 121 Å². The third kappa shape index (κ3) is 4.70. The van der Waals surface area contributed by atoms with E-state index >= 15 is 0 Å². The summed E-state index contributed by atoms with van der Waals surface area (Å²) in [5.41, 5.74) is 6.82. The fourth-order valence-corrected chi connectivity index (χ4v) is 6.77. The molecule has 0 saturated heterocycles. The molecule has 0 aliphatic rings. The second-order valence-electron chi connectivity index (χ2n) is 12.8. The van der Waals surface area contributed by atoms with E-state index in [0.717, 1.165) is 60.9 Å². The Balaban J connectivity index is 0.00000336. The molecule has 0 radical (unpaired) electrons. The zero-order chi connectivity index (χ0) is 31.7. The fourth-order valence-electron chi connectivity index (χ4n) is 6.77. The Hall–Kier alpha value is -5.32. The van der Waals surface area contributed by atoms with E-state index in [1.54, 1.807) is 0 Å². The molecule has 9 aromatic rings. The van der Waals surface area contributed by atoms with E-state index in [1.807, 2.05) is 54.7 Å². The number of aromatic nitrogens is 5. The number of rotatable bonds is 4. The van der Waals surface area contributed by atoms with Gasteiger partial charge in [-0.2, -0.15) is 11.2 Å². The molecule has 0 aliphatic carbocycles. The predicted octanol–water partition coefficient (Wildman–Crippen LogP) is 9.88. The van der Waals surface area contributed by atoms with Crippen LogP contribution < -0.4 is 4.74 Å². The van der Waals surface area contributed by atoms with Crippen molar-refractivity contribution < 1.29 is 25.8 Å². The quantitative estimate of drug-likeness (QED) is 0.131. The van der Waals surface area contributed by atoms with E-state index in [2.05, 4.69) is 119 Å². The summed E-state index contributed by atoms with van der Waals surface area (Å²) in [6.45, 7) is 6.73. The van der Waals surface area contributed by atoms with Crippen LogP contribution in [-0.4, -0.2) is 24.1 Å². The minimum absolute atomic E-state index is 0. The maximum Gasteiger partial charge on any atom is 2.00 e. The zero-order valence-electron chi connectivity index (χ0n) is 26.5. The number of para-hydroxylation sites is 2. The number of nitrogens with zero attached hydrogens (tertiary/aromatic N) is 5. The first-order chi connectivity index (χ1) is 23.0. The normalized spacial score (nSPS) is 11.9. The average molecular weight is 803 g/mol. The predicted molar refractivity (Wildman–Crippen MR) is 188 cm³/mol. The van der Waals surface area contributed by atoms with Gasteiger partial charge in [-0.25, -0.2) is 4.98 Å². The molecule has 0 bridgehead atoms. The molecular weight excluding hydrogens is 774 g/mol. The van der Waals surface area contributed by atoms with Crippen molar-refractivity contribution in [2.75, 3.05) is 0 Å². The Morgan fingerprint density at radius 2 is 1.35 bits per heavy atom. The number of fused-ring (bicyclic) bond motifs is 9. The summed E-state index contributed by atoms with van der Waals surface area (Å²) in [6, 6.07) is 46.1. The summed E-state index contributed by atoms with van der Waals surface area (Å²) in [5, 5.41) is 14.6. The van der Waals surface area contributed by atoms with E-state index in [9.17, 15) is 0 Å². The summed E-state index contributed by atoms with van der Waals surface area (Å²) in [5.74, 6) is 1.94. The summed E-state index contributed by atoms with van der Waals surface area (Å²) < 4.78 is 10.8. The monoisotopic (exact) mass is 802 g/mol. The summed E-state index contributed by atoms with van der Waals surface area (Å²) >= 11 is 0. The third-order valence-corrected chi connectivity index (χ3v) is 8.85. The fraction of sp³-hybridized carbons (Fsp3) is 0.0976. The van der Waals surface area contributed by atoms with E-state index in [4.69, 9.17) is 9.72 Å². The van der Waals surface area contributed by atoms with Crippen LogP contribution in [0.2, 0.25) is 0 Å². The van der Waals surface area contributed by atoms with Gasteiger partial charge in [0.15, 0.2) is 5.82 Å². The van der Waals surface area contributed by atoms with E-state index < -0.39 is 0 Å². The second kappa shape index (κ2) is 11.4. The Morgan fingerprint density at radius 1 is 0.625 bits per heavy atom. The number of pyridine rings is 2. The minimum Gasteiger partial charge on any atom is -0.503 e. The van der Waals surface area contributed by atoms with Crippen LogP contribution in [0.5, 0.6) is 11.5 Å². The van der Waals surface area contributed by atoms with Crippen LogP contribution in [0.25, 0.3) is 66.3 Å². The molecule has 9 rings (SSSR count). The van der Waals surface area contributed by atoms with Gasteiger partial charge in [0, 0.05) is 39.5 Å². The molecule has 7 heteroatoms. The van der Waals surface area contributed by atoms with Gasteiger partial charge in [-0.3, -0.25) is 0 Å². The van der Waals surface area contributed by atoms with E-state index in [-0.39, 0.29) is 26.5 Å². The van der Waals surface area contributed by atoms with Crippen LogP contribution in [0.3, 0.4) is 0 Å². The Morgan fingerprint density at radius 3 is 2.17 bits per heavy atom. The van der Waals surface area contributed by atoms with E-state index in [0.29, 0.717) is 11.5 Å². The molecule has 4 aromatic heterocycles. The average Bonchev–Trinajstić information content (AvgIpc) is 3.69. The van der Waals surface area contributed by atoms with Crippen molar-refractivity contribution >= 4 is 49.3 Å². The van der Waals surface area contributed by atoms with Gasteiger partial charge in [-0.05, 0) is 34.6 Å². The van der Waals surface area contributed by atoms with Crippen molar-refractivity contribution in [3.63, 3.8) is 0 Å². The molecule has 0 spiro atoms. The topological polar surface area (TPSA) is 57.2 Å². The first kappa shape index (κ1) is 30.0. The van der Waals surface area contributed by atoms with Gasteiger partial charge in [0.25, 0.3) is 0 Å². The minimum atomic E-state index is -0.0420. The van der Waals surface area contributed by atoms with Crippen LogP contribution in [0, 0.1) is 12.1 Å². The Labute approximate surface area is 291 Å². The summed E-state index contributed by atoms with van der Waals surface area (Å²) in [4.78, 5) is 4.88. The Kier molecular flexibility index (Phi) is 7.15. The van der Waals surface area contributed by atoms with Crippen molar-refractivity contribution in [2.24, 2.45) is 0 Å². The van der Waals surface area contributed by atoms with Crippen LogP contribution >= 0.6 is 0 Å². The molecule has 48 heavy (non-hydrogen) atoms. The molecule has 0 unspecified atom stereocenters. The maximum atomic E-state index is 6.48. The SMILES string of the molecule is CC(C)(C)c1ccnc2c1c1ccccc1n2-c1[c-]c(Oc2[c-]c3c(cc2)c2ccccc2n2c(-c4ccccc4)nnc32)ccc1.[Pt+2]. The molecule has 0 amide bonds. The smallest absolute Gasteiger partial charge is 0.503 e. The number of ether oxygens (including phenoxy) is 1. The van der Waals surface area contributed by atoms with E-state index in [1.165, 1.54) is 10.9 Å². The maximum absolute atomic E-state index is 6.48. The molecular formula is C41H29N5OPt. The van der Waals surface area contributed by atoms with Crippen LogP contribution in [-0.2, 0) is 26.5 Å². The standard InChI is InChI=1S/C41H29N5O.Pt/c1-41(2,3)34-22-23-42-40-37(34)32-17-8-10-19-36(32)45(40)27-14-11-15-28(24-27)47-29-20-21-30-31-16-7-9-18-35(31)46-38(26-12-5-4-6-13-26)43-44-39(46)33(30)25-29;/h4-23H,1-3H3;/q-2;+2. The van der Waals surface area contributed by atoms with Gasteiger partial charge in [-0.15, -0.1) is 35.4 Å². The largest absolute Gasteiger partial charge is 2.00 e. The van der Waals surface area contributed by atoms with Crippen LogP contribution in [0.4, 0.5) is 0 Å². The van der Waals surface area contributed by atoms with Gasteiger partial charge >= 0.3 is 21.1 Å². The van der Waals surface area contributed by atoms with Crippen molar-refractivity contribution in [1.82, 2.24) is 24.1 Å². The zero-order valence-corrected chi connectivity index (χ0v) is 28.8. The van der Waals surface area contributed by atoms with Crippen molar-refractivity contribution in [3.8, 4) is 28.6 Å². The van der Waals surface area contributed by atoms with Crippen LogP contribution in [0.1, 0.15) is 26.3 Å². The number of benzene rings is 5. The van der Waals surface area contributed by atoms with Gasteiger partial charge in [0.05, 0.1) is 11.2 Å². The molecule has 0 atom stereocenters. The summed E-state index contributed by atoms with van der Waals surface area (Å²) in [6.07, 6.45) is 1.90. The molecule has 0 fully saturated rings. The van der Waals surface area contributed by atoms with Crippen molar-refractivity contribution in [1.29, 1.82) is 0 Å². The third-order valence-electron chi connectivity index (χ3n) is 8.85. The first-order valence-electron chi connectivity index (χ1n) is 15.7. The molecule has 0 N–H and O–H groups in total. The molecule has 4 heterocycles. The van der Waals surface area contributed by atoms with Gasteiger partial charge in [0.2, 0.25) is 0 Å².